The first-order valence-electron chi connectivity index (χ1n) is 21.3. The van der Waals surface area contributed by atoms with E-state index in [0.717, 1.165) is 96.0 Å². The second-order valence-electron chi connectivity index (χ2n) is 15.2. The van der Waals surface area contributed by atoms with E-state index in [1.165, 1.54) is 16.7 Å². The Hall–Kier alpha value is -6.71. The lowest BCUT2D eigenvalue weighted by atomic mass is 9.81. The highest BCUT2D eigenvalue weighted by Crippen LogP contribution is 2.41. The molecule has 6 nitrogen and oxygen atoms in total. The van der Waals surface area contributed by atoms with Gasteiger partial charge < -0.3 is 0 Å². The number of halogens is 1. The summed E-state index contributed by atoms with van der Waals surface area (Å²) in [6.45, 7) is 10.5. The maximum Gasteiger partial charge on any atom is 0.0346 e. The molecular formula is C56H51IN6. The first-order chi connectivity index (χ1) is 31.0. The van der Waals surface area contributed by atoms with E-state index in [-0.39, 0.29) is 5.92 Å². The molecule has 1 atom stereocenters. The third kappa shape index (κ3) is 11.8. The van der Waals surface area contributed by atoms with Crippen LogP contribution >= 0.6 is 22.6 Å². The molecule has 0 saturated carbocycles. The van der Waals surface area contributed by atoms with Crippen LogP contribution in [0.1, 0.15) is 51.2 Å². The lowest BCUT2D eigenvalue weighted by Crippen LogP contribution is -2.09. The summed E-state index contributed by atoms with van der Waals surface area (Å²) >= 11 is 2.47. The number of benzene rings is 3. The van der Waals surface area contributed by atoms with Crippen molar-refractivity contribution in [2.45, 2.75) is 40.0 Å². The summed E-state index contributed by atoms with van der Waals surface area (Å²) in [5.41, 5.74) is 17.4. The summed E-state index contributed by atoms with van der Waals surface area (Å²) in [7, 11) is 0. The van der Waals surface area contributed by atoms with Gasteiger partial charge in [-0.3, -0.25) is 29.9 Å². The van der Waals surface area contributed by atoms with Gasteiger partial charge in [0.1, 0.15) is 0 Å². The number of allylic oxidation sites excluding steroid dienone is 8. The maximum atomic E-state index is 4.60. The first-order valence-corrected chi connectivity index (χ1v) is 22.8. The van der Waals surface area contributed by atoms with Gasteiger partial charge in [-0.05, 0) is 172 Å². The molecule has 0 N–H and O–H groups in total. The zero-order valence-corrected chi connectivity index (χ0v) is 38.2. The van der Waals surface area contributed by atoms with Crippen LogP contribution in [0.15, 0.2) is 204 Å². The fraction of sp³-hybridized carbons (Fsp3) is 0.143. The third-order valence-corrected chi connectivity index (χ3v) is 11.6. The van der Waals surface area contributed by atoms with Gasteiger partial charge in [-0.2, -0.15) is 0 Å². The Balaban J connectivity index is 1.47. The van der Waals surface area contributed by atoms with Gasteiger partial charge in [0, 0.05) is 108 Å². The van der Waals surface area contributed by atoms with Crippen LogP contribution in [0.3, 0.4) is 0 Å². The van der Waals surface area contributed by atoms with Gasteiger partial charge in [0.15, 0.2) is 0 Å². The molecule has 3 heterocycles. The number of pyridine rings is 3. The topological polar surface area (TPSA) is 75.8 Å². The van der Waals surface area contributed by atoms with Crippen LogP contribution in [0.25, 0.3) is 66.8 Å². The summed E-state index contributed by atoms with van der Waals surface area (Å²) in [6, 6.07) is 32.7. The van der Waals surface area contributed by atoms with E-state index >= 15 is 0 Å². The van der Waals surface area contributed by atoms with Crippen molar-refractivity contribution in [1.29, 1.82) is 0 Å². The normalized spacial score (nSPS) is 14.7. The maximum absolute atomic E-state index is 4.60. The van der Waals surface area contributed by atoms with Crippen molar-refractivity contribution in [3.63, 3.8) is 0 Å². The van der Waals surface area contributed by atoms with Gasteiger partial charge in [-0.15, -0.1) is 0 Å². The SMILES string of the molecule is C=C(/C=N\C=C/C)c1cc(-c2cccnc2)cc(-c2cc(C3=CC(C/C=N\C=C/CC)=CC(/C(=C/N=C\C)CI)C3)cc(-c3cc(-c4cccnc4)cc(-c4cccnc4)c3)c2)c1. The molecule has 0 radical (unpaired) electrons. The second-order valence-corrected chi connectivity index (χ2v) is 16.0. The second kappa shape index (κ2) is 22.4. The van der Waals surface area contributed by atoms with Crippen LogP contribution < -0.4 is 0 Å². The van der Waals surface area contributed by atoms with Crippen molar-refractivity contribution in [2.24, 2.45) is 20.9 Å². The van der Waals surface area contributed by atoms with E-state index in [9.17, 15) is 0 Å². The molecule has 0 amide bonds. The lowest BCUT2D eigenvalue weighted by Gasteiger charge is -2.24. The predicted molar refractivity (Wildman–Crippen MR) is 277 cm³/mol. The highest BCUT2D eigenvalue weighted by Gasteiger charge is 2.22. The number of alkyl halides is 1. The van der Waals surface area contributed by atoms with Gasteiger partial charge in [0.05, 0.1) is 0 Å². The minimum Gasteiger partial charge on any atom is -0.269 e. The van der Waals surface area contributed by atoms with Crippen molar-refractivity contribution in [3.8, 4) is 55.6 Å². The van der Waals surface area contributed by atoms with E-state index in [2.05, 4.69) is 157 Å². The Bertz CT molecular complexity index is 2720. The van der Waals surface area contributed by atoms with Crippen LogP contribution in [-0.4, -0.2) is 38.0 Å². The Morgan fingerprint density at radius 2 is 1.21 bits per heavy atom. The molecule has 1 unspecified atom stereocenters. The van der Waals surface area contributed by atoms with Gasteiger partial charge in [0.25, 0.3) is 0 Å². The monoisotopic (exact) mass is 934 g/mol. The van der Waals surface area contributed by atoms with Crippen molar-refractivity contribution < 1.29 is 0 Å². The molecule has 0 aliphatic heterocycles. The molecule has 1 aliphatic carbocycles. The number of aromatic nitrogens is 3. The molecule has 312 valence electrons. The van der Waals surface area contributed by atoms with E-state index in [0.29, 0.717) is 0 Å². The molecule has 7 heteroatoms. The summed E-state index contributed by atoms with van der Waals surface area (Å²) in [5, 5.41) is 0. The molecule has 3 aromatic heterocycles. The highest BCUT2D eigenvalue weighted by atomic mass is 127. The molecular weight excluding hydrogens is 884 g/mol. The van der Waals surface area contributed by atoms with Crippen LogP contribution in [0, 0.1) is 5.92 Å². The average Bonchev–Trinajstić information content (AvgIpc) is 3.34. The standard InChI is InChI=1S/C56H51IN6/c1-5-8-17-59-21-15-41-22-46(26-47(23-41)56(34-57)39-58-7-3)52-31-54(51-25-45(40(4)35-60-16-6-2)24-48(28-51)42-12-9-18-61-36-42)33-55(32-52)53-29-49(43-13-10-19-62-37-43)27-50(30-53)44-14-11-20-63-38-44/h6-14,16-25,27-33,35-39,47H,4-5,15,26,34H2,1-3H3/b16-6-,17-8-,56-39+,58-7-,59-21-,60-35-. The molecule has 63 heavy (non-hydrogen) atoms. The molecule has 3 aromatic carbocycles. The van der Waals surface area contributed by atoms with Gasteiger partial charge in [0.2, 0.25) is 0 Å². The summed E-state index contributed by atoms with van der Waals surface area (Å²) < 4.78 is 0.874. The first kappa shape index (κ1) is 44.3. The summed E-state index contributed by atoms with van der Waals surface area (Å²) in [6.07, 6.45) is 33.9. The smallest absolute Gasteiger partial charge is 0.0346 e. The molecule has 0 saturated heterocycles. The van der Waals surface area contributed by atoms with E-state index in [1.54, 1.807) is 12.4 Å². The van der Waals surface area contributed by atoms with Crippen LogP contribution in [-0.2, 0) is 0 Å². The Morgan fingerprint density at radius 1 is 0.683 bits per heavy atom. The van der Waals surface area contributed by atoms with E-state index < -0.39 is 0 Å². The Kier molecular flexibility index (Phi) is 15.8. The van der Waals surface area contributed by atoms with Crippen molar-refractivity contribution in [2.75, 3.05) is 4.43 Å². The Morgan fingerprint density at radius 3 is 1.70 bits per heavy atom. The number of hydrogen-bond acceptors (Lipinski definition) is 6. The molecule has 6 aromatic rings. The number of nitrogens with zero attached hydrogens (tertiary/aromatic N) is 6. The largest absolute Gasteiger partial charge is 0.269 e. The van der Waals surface area contributed by atoms with Crippen molar-refractivity contribution in [3.05, 3.63) is 200 Å². The fourth-order valence-electron chi connectivity index (χ4n) is 7.55. The molecule has 1 aliphatic rings. The van der Waals surface area contributed by atoms with Crippen LogP contribution in [0.2, 0.25) is 0 Å². The average molecular weight is 935 g/mol. The zero-order chi connectivity index (χ0) is 43.8. The predicted octanol–water partition coefficient (Wildman–Crippen LogP) is 14.9. The molecule has 0 fully saturated rings. The van der Waals surface area contributed by atoms with Crippen LogP contribution in [0.4, 0.5) is 0 Å². The van der Waals surface area contributed by atoms with E-state index in [1.807, 2.05) is 100 Å². The quantitative estimate of drug-likeness (QED) is 0.0551. The molecule has 7 rings (SSSR count). The van der Waals surface area contributed by atoms with Gasteiger partial charge in [-0.1, -0.05) is 78.6 Å². The minimum absolute atomic E-state index is 0.179. The van der Waals surface area contributed by atoms with E-state index in [4.69, 9.17) is 0 Å². The lowest BCUT2D eigenvalue weighted by molar-refractivity contribution is 0.772. The Labute approximate surface area is 386 Å². The number of aliphatic imine (C=N–C) groups is 3. The summed E-state index contributed by atoms with van der Waals surface area (Å²) in [4.78, 5) is 27.1. The van der Waals surface area contributed by atoms with Crippen molar-refractivity contribution >= 4 is 52.4 Å². The molecule has 0 bridgehead atoms. The molecule has 0 spiro atoms. The van der Waals surface area contributed by atoms with Gasteiger partial charge >= 0.3 is 0 Å². The van der Waals surface area contributed by atoms with Crippen molar-refractivity contribution in [1.82, 2.24) is 15.0 Å². The zero-order valence-electron chi connectivity index (χ0n) is 36.1. The van der Waals surface area contributed by atoms with Crippen LogP contribution in [0.5, 0.6) is 0 Å². The van der Waals surface area contributed by atoms with Gasteiger partial charge in [-0.25, -0.2) is 0 Å². The fourth-order valence-corrected chi connectivity index (χ4v) is 8.31. The third-order valence-electron chi connectivity index (χ3n) is 10.8. The summed E-state index contributed by atoms with van der Waals surface area (Å²) in [5.74, 6) is 0.179. The number of hydrogen-bond donors (Lipinski definition) is 0. The minimum atomic E-state index is 0.179. The number of rotatable bonds is 16. The highest BCUT2D eigenvalue weighted by molar-refractivity contribution is 14.1.